The Morgan fingerprint density at radius 3 is 2.10 bits per heavy atom. The first-order valence-corrected chi connectivity index (χ1v) is 8.08. The van der Waals surface area contributed by atoms with Gasteiger partial charge in [-0.3, -0.25) is 14.5 Å². The predicted octanol–water partition coefficient (Wildman–Crippen LogP) is 2.04. The number of likely N-dealkylation sites (N-methyl/N-ethyl adjacent to an activating group) is 1. The Balaban J connectivity index is 2.04. The van der Waals surface area contributed by atoms with E-state index < -0.39 is 0 Å². The monoisotopic (exact) mass is 280 g/mol. The molecule has 1 saturated carbocycles. The summed E-state index contributed by atoms with van der Waals surface area (Å²) in [6.07, 6.45) is 2.91. The molecule has 0 aromatic carbocycles. The number of amides is 2. The number of fused-ring (bicyclic) bond motifs is 1. The van der Waals surface area contributed by atoms with Crippen molar-refractivity contribution in [2.75, 3.05) is 13.1 Å². The van der Waals surface area contributed by atoms with Crippen LogP contribution in [-0.2, 0) is 9.59 Å². The van der Waals surface area contributed by atoms with E-state index in [2.05, 4.69) is 33.0 Å². The second-order valence-corrected chi connectivity index (χ2v) is 6.65. The van der Waals surface area contributed by atoms with Crippen LogP contribution in [0.5, 0.6) is 0 Å². The molecule has 1 heterocycles. The number of hydrogen-bond acceptors (Lipinski definition) is 3. The smallest absolute Gasteiger partial charge is 0.233 e. The minimum atomic E-state index is -0.0260. The standard InChI is InChI=1S/C16H28N2O2/c1-5-11-7-12-13(8-11)16(20)18(15(12)19)9-14(10(3)4)17-6-2/h10-14,17H,5-9H2,1-4H3. The summed E-state index contributed by atoms with van der Waals surface area (Å²) >= 11 is 0. The van der Waals surface area contributed by atoms with E-state index in [0.29, 0.717) is 18.4 Å². The lowest BCUT2D eigenvalue weighted by molar-refractivity contribution is -0.141. The predicted molar refractivity (Wildman–Crippen MR) is 79.0 cm³/mol. The fourth-order valence-electron chi connectivity index (χ4n) is 3.68. The van der Waals surface area contributed by atoms with Crippen LogP contribution < -0.4 is 5.32 Å². The molecular formula is C16H28N2O2. The summed E-state index contributed by atoms with van der Waals surface area (Å²) in [7, 11) is 0. The maximum Gasteiger partial charge on any atom is 0.233 e. The van der Waals surface area contributed by atoms with E-state index in [1.807, 2.05) is 0 Å². The highest BCUT2D eigenvalue weighted by atomic mass is 16.2. The second kappa shape index (κ2) is 6.25. The van der Waals surface area contributed by atoms with Gasteiger partial charge in [-0.1, -0.05) is 34.1 Å². The first-order valence-electron chi connectivity index (χ1n) is 8.08. The zero-order valence-corrected chi connectivity index (χ0v) is 13.2. The zero-order chi connectivity index (χ0) is 14.9. The molecule has 1 aliphatic heterocycles. The van der Waals surface area contributed by atoms with Crippen LogP contribution >= 0.6 is 0 Å². The molecule has 2 aliphatic rings. The molecule has 0 aromatic heterocycles. The zero-order valence-electron chi connectivity index (χ0n) is 13.2. The molecule has 20 heavy (non-hydrogen) atoms. The quantitative estimate of drug-likeness (QED) is 0.758. The summed E-state index contributed by atoms with van der Waals surface area (Å²) in [5.74, 6) is 1.09. The van der Waals surface area contributed by atoms with Gasteiger partial charge in [0.1, 0.15) is 0 Å². The molecule has 1 N–H and O–H groups in total. The Hall–Kier alpha value is -0.900. The van der Waals surface area contributed by atoms with Crippen molar-refractivity contribution < 1.29 is 9.59 Å². The third-order valence-corrected chi connectivity index (χ3v) is 5.05. The van der Waals surface area contributed by atoms with E-state index in [1.54, 1.807) is 0 Å². The molecule has 1 saturated heterocycles. The van der Waals surface area contributed by atoms with E-state index in [0.717, 1.165) is 25.8 Å². The summed E-state index contributed by atoms with van der Waals surface area (Å²) in [5.41, 5.74) is 0. The number of imide groups is 1. The van der Waals surface area contributed by atoms with Gasteiger partial charge in [-0.05, 0) is 31.2 Å². The lowest BCUT2D eigenvalue weighted by Gasteiger charge is -2.27. The Kier molecular flexibility index (Phi) is 4.84. The van der Waals surface area contributed by atoms with Crippen molar-refractivity contribution in [3.63, 3.8) is 0 Å². The third-order valence-electron chi connectivity index (χ3n) is 5.05. The normalized spacial score (nSPS) is 31.2. The van der Waals surface area contributed by atoms with Crippen LogP contribution in [0.1, 0.15) is 47.0 Å². The highest BCUT2D eigenvalue weighted by molar-refractivity contribution is 6.05. The number of rotatable bonds is 6. The summed E-state index contributed by atoms with van der Waals surface area (Å²) in [6, 6.07) is 0.202. The topological polar surface area (TPSA) is 49.4 Å². The number of nitrogens with one attached hydrogen (secondary N) is 1. The van der Waals surface area contributed by atoms with Gasteiger partial charge in [0, 0.05) is 12.6 Å². The Morgan fingerprint density at radius 1 is 1.15 bits per heavy atom. The molecule has 2 amide bonds. The highest BCUT2D eigenvalue weighted by Gasteiger charge is 2.52. The van der Waals surface area contributed by atoms with Gasteiger partial charge in [0.05, 0.1) is 11.8 Å². The van der Waals surface area contributed by atoms with Crippen LogP contribution in [-0.4, -0.2) is 35.8 Å². The van der Waals surface area contributed by atoms with Crippen molar-refractivity contribution >= 4 is 11.8 Å². The van der Waals surface area contributed by atoms with Gasteiger partial charge >= 0.3 is 0 Å². The second-order valence-electron chi connectivity index (χ2n) is 6.65. The maximum absolute atomic E-state index is 12.5. The molecule has 0 aromatic rings. The molecular weight excluding hydrogens is 252 g/mol. The van der Waals surface area contributed by atoms with Gasteiger partial charge < -0.3 is 5.32 Å². The first kappa shape index (κ1) is 15.5. The van der Waals surface area contributed by atoms with E-state index in [9.17, 15) is 9.59 Å². The molecule has 1 aliphatic carbocycles. The largest absolute Gasteiger partial charge is 0.312 e. The average molecular weight is 280 g/mol. The maximum atomic E-state index is 12.5. The molecule has 114 valence electrons. The summed E-state index contributed by atoms with van der Waals surface area (Å²) < 4.78 is 0. The number of hydrogen-bond donors (Lipinski definition) is 1. The fourth-order valence-corrected chi connectivity index (χ4v) is 3.68. The number of carbonyl (C=O) groups is 2. The van der Waals surface area contributed by atoms with Gasteiger partial charge in [-0.15, -0.1) is 0 Å². The van der Waals surface area contributed by atoms with Crippen LogP contribution in [0.3, 0.4) is 0 Å². The van der Waals surface area contributed by atoms with Crippen LogP contribution in [0.25, 0.3) is 0 Å². The molecule has 4 nitrogen and oxygen atoms in total. The Morgan fingerprint density at radius 2 is 1.70 bits per heavy atom. The van der Waals surface area contributed by atoms with Crippen molar-refractivity contribution in [1.29, 1.82) is 0 Å². The SMILES string of the molecule is CCNC(CN1C(=O)C2CC(CC)CC2C1=O)C(C)C. The fraction of sp³-hybridized carbons (Fsp3) is 0.875. The Bertz CT molecular complexity index is 357. The Labute approximate surface area is 122 Å². The van der Waals surface area contributed by atoms with Crippen LogP contribution in [0.4, 0.5) is 0 Å². The minimum absolute atomic E-state index is 0.0260. The van der Waals surface area contributed by atoms with E-state index in [1.165, 1.54) is 4.90 Å². The number of nitrogens with zero attached hydrogens (tertiary/aromatic N) is 1. The third kappa shape index (κ3) is 2.76. The number of carbonyl (C=O) groups excluding carboxylic acids is 2. The summed E-state index contributed by atoms with van der Waals surface area (Å²) in [4.78, 5) is 26.5. The summed E-state index contributed by atoms with van der Waals surface area (Å²) in [6.45, 7) is 9.87. The lowest BCUT2D eigenvalue weighted by Crippen LogP contribution is -2.46. The molecule has 3 unspecified atom stereocenters. The highest BCUT2D eigenvalue weighted by Crippen LogP contribution is 2.44. The van der Waals surface area contributed by atoms with Crippen LogP contribution in [0.15, 0.2) is 0 Å². The van der Waals surface area contributed by atoms with Crippen molar-refractivity contribution in [2.24, 2.45) is 23.7 Å². The van der Waals surface area contributed by atoms with Crippen molar-refractivity contribution in [3.05, 3.63) is 0 Å². The van der Waals surface area contributed by atoms with Gasteiger partial charge in [0.2, 0.25) is 11.8 Å². The lowest BCUT2D eigenvalue weighted by atomic mass is 10.00. The van der Waals surface area contributed by atoms with E-state index >= 15 is 0 Å². The molecule has 0 radical (unpaired) electrons. The van der Waals surface area contributed by atoms with Crippen LogP contribution in [0.2, 0.25) is 0 Å². The van der Waals surface area contributed by atoms with Gasteiger partial charge in [-0.2, -0.15) is 0 Å². The molecule has 2 fully saturated rings. The molecule has 4 heteroatoms. The average Bonchev–Trinajstić information content (AvgIpc) is 2.93. The van der Waals surface area contributed by atoms with Crippen molar-refractivity contribution in [3.8, 4) is 0 Å². The van der Waals surface area contributed by atoms with Crippen molar-refractivity contribution in [1.82, 2.24) is 10.2 Å². The van der Waals surface area contributed by atoms with Gasteiger partial charge in [0.15, 0.2) is 0 Å². The van der Waals surface area contributed by atoms with Gasteiger partial charge in [0.25, 0.3) is 0 Å². The number of likely N-dealkylation sites (tertiary alicyclic amines) is 1. The van der Waals surface area contributed by atoms with E-state index in [-0.39, 0.29) is 29.7 Å². The van der Waals surface area contributed by atoms with Gasteiger partial charge in [-0.25, -0.2) is 0 Å². The molecule has 0 spiro atoms. The van der Waals surface area contributed by atoms with Crippen molar-refractivity contribution in [2.45, 2.75) is 53.0 Å². The molecule has 0 bridgehead atoms. The van der Waals surface area contributed by atoms with E-state index in [4.69, 9.17) is 0 Å². The minimum Gasteiger partial charge on any atom is -0.312 e. The molecule has 3 atom stereocenters. The van der Waals surface area contributed by atoms with Crippen LogP contribution in [0, 0.1) is 23.7 Å². The summed E-state index contributed by atoms with van der Waals surface area (Å²) in [5, 5.41) is 3.39. The first-order chi connectivity index (χ1) is 9.49. The molecule has 2 rings (SSSR count).